The minimum atomic E-state index is -0.00936. The zero-order valence-corrected chi connectivity index (χ0v) is 18.8. The number of carbonyl (C=O) groups excluding carboxylic acids is 1. The number of aromatic nitrogens is 2. The van der Waals surface area contributed by atoms with Crippen LogP contribution in [0.3, 0.4) is 0 Å². The standard InChI is InChI=1S/C27H30N4O2/c32-26(28-22-14-18-29(19-15-22)20-21-8-2-1-3-9-21)13-7-17-31-24-11-5-4-10-23(24)30-16-6-12-25(30)27(31)33/h1-6,8-12,16,22H,7,13-15,17-20H2,(H,28,32). The Morgan fingerprint density at radius 2 is 1.58 bits per heavy atom. The Kier molecular flexibility index (Phi) is 6.26. The number of nitrogens with zero attached hydrogens (tertiary/aromatic N) is 3. The van der Waals surface area contributed by atoms with Crippen molar-refractivity contribution in [3.8, 4) is 0 Å². The van der Waals surface area contributed by atoms with Gasteiger partial charge in [0.2, 0.25) is 5.91 Å². The molecule has 1 amide bonds. The minimum absolute atomic E-state index is 0.00936. The van der Waals surface area contributed by atoms with Crippen LogP contribution in [0.15, 0.2) is 77.7 Å². The van der Waals surface area contributed by atoms with E-state index in [1.165, 1.54) is 5.56 Å². The number of nitrogens with one attached hydrogen (secondary N) is 1. The van der Waals surface area contributed by atoms with Crippen molar-refractivity contribution in [3.63, 3.8) is 0 Å². The van der Waals surface area contributed by atoms with Crippen LogP contribution in [0, 0.1) is 0 Å². The van der Waals surface area contributed by atoms with Crippen molar-refractivity contribution in [1.82, 2.24) is 19.2 Å². The van der Waals surface area contributed by atoms with Gasteiger partial charge < -0.3 is 14.3 Å². The molecule has 6 nitrogen and oxygen atoms in total. The molecule has 4 aromatic rings. The van der Waals surface area contributed by atoms with Crippen molar-refractivity contribution in [1.29, 1.82) is 0 Å². The van der Waals surface area contributed by atoms with Crippen LogP contribution in [0.4, 0.5) is 0 Å². The summed E-state index contributed by atoms with van der Waals surface area (Å²) < 4.78 is 3.74. The van der Waals surface area contributed by atoms with Crippen LogP contribution in [-0.2, 0) is 17.9 Å². The number of fused-ring (bicyclic) bond motifs is 3. The van der Waals surface area contributed by atoms with Gasteiger partial charge in [0.25, 0.3) is 5.56 Å². The highest BCUT2D eigenvalue weighted by Crippen LogP contribution is 2.16. The monoisotopic (exact) mass is 442 g/mol. The lowest BCUT2D eigenvalue weighted by Gasteiger charge is -2.32. The van der Waals surface area contributed by atoms with E-state index in [-0.39, 0.29) is 17.5 Å². The Hall–Kier alpha value is -3.38. The molecule has 0 saturated carbocycles. The van der Waals surface area contributed by atoms with E-state index in [2.05, 4.69) is 34.5 Å². The average molecular weight is 443 g/mol. The number of likely N-dealkylation sites (tertiary alicyclic amines) is 1. The lowest BCUT2D eigenvalue weighted by atomic mass is 10.0. The number of benzene rings is 2. The number of hydrogen-bond donors (Lipinski definition) is 1. The maximum Gasteiger partial charge on any atom is 0.275 e. The largest absolute Gasteiger partial charge is 0.353 e. The van der Waals surface area contributed by atoms with Gasteiger partial charge in [-0.05, 0) is 49.1 Å². The van der Waals surface area contributed by atoms with E-state index in [0.717, 1.165) is 43.5 Å². The van der Waals surface area contributed by atoms with Crippen LogP contribution >= 0.6 is 0 Å². The minimum Gasteiger partial charge on any atom is -0.353 e. The number of para-hydroxylation sites is 2. The SMILES string of the molecule is O=C(CCCn1c(=O)c2cccn2c2ccccc21)NC1CCN(Cc2ccccc2)CC1. The number of rotatable bonds is 7. The summed E-state index contributed by atoms with van der Waals surface area (Å²) in [4.78, 5) is 28.0. The topological polar surface area (TPSA) is 58.8 Å². The van der Waals surface area contributed by atoms with E-state index >= 15 is 0 Å². The van der Waals surface area contributed by atoms with Crippen LogP contribution < -0.4 is 10.9 Å². The average Bonchev–Trinajstić information content (AvgIpc) is 3.34. The number of carbonyl (C=O) groups is 1. The quantitative estimate of drug-likeness (QED) is 0.473. The Labute approximate surface area is 193 Å². The van der Waals surface area contributed by atoms with Gasteiger partial charge in [0.15, 0.2) is 0 Å². The van der Waals surface area contributed by atoms with Crippen LogP contribution in [0.2, 0.25) is 0 Å². The fourth-order valence-corrected chi connectivity index (χ4v) is 4.91. The second kappa shape index (κ2) is 9.63. The molecule has 3 heterocycles. The molecule has 2 aromatic carbocycles. The Bertz CT molecular complexity index is 1300. The maximum absolute atomic E-state index is 13.0. The number of hydrogen-bond acceptors (Lipinski definition) is 3. The first-order valence-corrected chi connectivity index (χ1v) is 11.8. The van der Waals surface area contributed by atoms with Crippen molar-refractivity contribution in [2.75, 3.05) is 13.1 Å². The highest BCUT2D eigenvalue weighted by atomic mass is 16.1. The lowest BCUT2D eigenvalue weighted by molar-refractivity contribution is -0.122. The maximum atomic E-state index is 13.0. The molecule has 1 aliphatic heterocycles. The van der Waals surface area contributed by atoms with Crippen LogP contribution in [0.25, 0.3) is 16.6 Å². The first kappa shape index (κ1) is 21.5. The molecule has 0 atom stereocenters. The smallest absolute Gasteiger partial charge is 0.275 e. The summed E-state index contributed by atoms with van der Waals surface area (Å²) >= 11 is 0. The van der Waals surface area contributed by atoms with E-state index in [0.29, 0.717) is 24.9 Å². The van der Waals surface area contributed by atoms with E-state index < -0.39 is 0 Å². The molecule has 0 unspecified atom stereocenters. The molecule has 5 rings (SSSR count). The third-order valence-electron chi connectivity index (χ3n) is 6.63. The zero-order valence-electron chi connectivity index (χ0n) is 18.8. The molecule has 0 bridgehead atoms. The zero-order chi connectivity index (χ0) is 22.6. The van der Waals surface area contributed by atoms with E-state index in [1.54, 1.807) is 4.57 Å². The number of amides is 1. The van der Waals surface area contributed by atoms with Gasteiger partial charge >= 0.3 is 0 Å². The van der Waals surface area contributed by atoms with E-state index in [1.807, 2.05) is 53.1 Å². The molecule has 33 heavy (non-hydrogen) atoms. The van der Waals surface area contributed by atoms with Crippen molar-refractivity contribution in [3.05, 3.63) is 88.8 Å². The molecule has 6 heteroatoms. The van der Waals surface area contributed by atoms with Gasteiger partial charge in [0.1, 0.15) is 5.52 Å². The van der Waals surface area contributed by atoms with Crippen LogP contribution in [-0.4, -0.2) is 38.9 Å². The summed E-state index contributed by atoms with van der Waals surface area (Å²) in [5, 5.41) is 3.21. The van der Waals surface area contributed by atoms with Gasteiger partial charge in [-0.15, -0.1) is 0 Å². The van der Waals surface area contributed by atoms with E-state index in [9.17, 15) is 9.59 Å². The Morgan fingerprint density at radius 1 is 0.879 bits per heavy atom. The predicted octanol–water partition coefficient (Wildman–Crippen LogP) is 3.82. The second-order valence-corrected chi connectivity index (χ2v) is 8.92. The van der Waals surface area contributed by atoms with Gasteiger partial charge in [-0.25, -0.2) is 0 Å². The molecule has 2 aromatic heterocycles. The summed E-state index contributed by atoms with van der Waals surface area (Å²) in [5.41, 5.74) is 3.90. The van der Waals surface area contributed by atoms with Gasteiger partial charge in [0.05, 0.1) is 11.0 Å². The molecule has 1 saturated heterocycles. The van der Waals surface area contributed by atoms with Crippen molar-refractivity contribution in [2.24, 2.45) is 0 Å². The highest BCUT2D eigenvalue weighted by Gasteiger charge is 2.20. The van der Waals surface area contributed by atoms with Gasteiger partial charge in [-0.2, -0.15) is 0 Å². The number of piperidine rings is 1. The Morgan fingerprint density at radius 3 is 2.36 bits per heavy atom. The summed E-state index contributed by atoms with van der Waals surface area (Å²) in [6, 6.07) is 22.4. The molecule has 0 spiro atoms. The molecule has 1 N–H and O–H groups in total. The van der Waals surface area contributed by atoms with Crippen molar-refractivity contribution >= 4 is 22.5 Å². The first-order chi connectivity index (χ1) is 16.2. The van der Waals surface area contributed by atoms with Gasteiger partial charge in [-0.1, -0.05) is 42.5 Å². The fourth-order valence-electron chi connectivity index (χ4n) is 4.91. The summed E-state index contributed by atoms with van der Waals surface area (Å²) in [7, 11) is 0. The van der Waals surface area contributed by atoms with Crippen LogP contribution in [0.1, 0.15) is 31.2 Å². The molecule has 0 radical (unpaired) electrons. The highest BCUT2D eigenvalue weighted by molar-refractivity contribution is 5.79. The third-order valence-corrected chi connectivity index (χ3v) is 6.63. The second-order valence-electron chi connectivity index (χ2n) is 8.92. The van der Waals surface area contributed by atoms with Gasteiger partial charge in [0, 0.05) is 44.8 Å². The summed E-state index contributed by atoms with van der Waals surface area (Å²) in [6.45, 7) is 3.50. The van der Waals surface area contributed by atoms with Gasteiger partial charge in [-0.3, -0.25) is 14.5 Å². The normalized spacial score (nSPS) is 15.3. The fraction of sp³-hybridized carbons (Fsp3) is 0.333. The first-order valence-electron chi connectivity index (χ1n) is 11.8. The third kappa shape index (κ3) is 4.71. The predicted molar refractivity (Wildman–Crippen MR) is 131 cm³/mol. The molecular formula is C27H30N4O2. The molecule has 0 aliphatic carbocycles. The lowest BCUT2D eigenvalue weighted by Crippen LogP contribution is -2.44. The van der Waals surface area contributed by atoms with Crippen LogP contribution in [0.5, 0.6) is 0 Å². The Balaban J connectivity index is 1.14. The number of aryl methyl sites for hydroxylation is 1. The molecule has 1 aliphatic rings. The van der Waals surface area contributed by atoms with Crippen molar-refractivity contribution < 1.29 is 4.79 Å². The molecular weight excluding hydrogens is 412 g/mol. The summed E-state index contributed by atoms with van der Waals surface area (Å²) in [5.74, 6) is 0.0811. The van der Waals surface area contributed by atoms with E-state index in [4.69, 9.17) is 0 Å². The molecule has 170 valence electrons. The summed E-state index contributed by atoms with van der Waals surface area (Å²) in [6.07, 6.45) is 4.94. The molecule has 1 fully saturated rings. The van der Waals surface area contributed by atoms with Crippen molar-refractivity contribution in [2.45, 2.75) is 44.8 Å².